The largest absolute Gasteiger partial charge is 0.497 e. The lowest BCUT2D eigenvalue weighted by Crippen LogP contribution is -2.21. The number of allylic oxidation sites excluding steroid dienone is 1. The van der Waals surface area contributed by atoms with Crippen LogP contribution in [-0.4, -0.2) is 26.3 Å². The van der Waals surface area contributed by atoms with Crippen molar-refractivity contribution in [2.45, 2.75) is 44.9 Å². The normalized spacial score (nSPS) is 14.0. The van der Waals surface area contributed by atoms with E-state index in [1.54, 1.807) is 49.6 Å². The first-order valence-electron chi connectivity index (χ1n) is 13.4. The molecule has 0 radical (unpaired) electrons. The van der Waals surface area contributed by atoms with Crippen LogP contribution in [0.3, 0.4) is 0 Å². The molecule has 0 fully saturated rings. The van der Waals surface area contributed by atoms with Gasteiger partial charge in [-0.2, -0.15) is 5.26 Å². The van der Waals surface area contributed by atoms with Gasteiger partial charge in [0.1, 0.15) is 40.4 Å². The highest BCUT2D eigenvalue weighted by Gasteiger charge is 2.31. The third-order valence-corrected chi connectivity index (χ3v) is 6.57. The van der Waals surface area contributed by atoms with E-state index in [0.29, 0.717) is 29.4 Å². The van der Waals surface area contributed by atoms with Crippen molar-refractivity contribution in [1.82, 2.24) is 0 Å². The Morgan fingerprint density at radius 2 is 1.55 bits per heavy atom. The third kappa shape index (κ3) is 7.26. The van der Waals surface area contributed by atoms with Crippen LogP contribution in [0.15, 0.2) is 78.2 Å². The molecule has 1 aliphatic heterocycles. The number of unbranched alkanes of at least 4 members (excludes halogenated alkanes) is 4. The Balaban J connectivity index is 1.42. The van der Waals surface area contributed by atoms with Gasteiger partial charge in [0.15, 0.2) is 6.61 Å². The molecule has 2 N–H and O–H groups in total. The van der Waals surface area contributed by atoms with Crippen LogP contribution in [0.1, 0.15) is 56.1 Å². The molecule has 0 spiro atoms. The van der Waals surface area contributed by atoms with Gasteiger partial charge in [-0.05, 0) is 54.4 Å². The summed E-state index contributed by atoms with van der Waals surface area (Å²) in [6, 6.07) is 21.8. The van der Waals surface area contributed by atoms with E-state index in [0.717, 1.165) is 29.7 Å². The monoisotopic (exact) mass is 542 g/mol. The minimum absolute atomic E-state index is 0.0127. The number of hydrogen-bond acceptors (Lipinski definition) is 8. The number of nitriles is 1. The summed E-state index contributed by atoms with van der Waals surface area (Å²) in [6.07, 6.45) is 5.88. The molecule has 0 amide bonds. The molecule has 1 unspecified atom stereocenters. The predicted molar refractivity (Wildman–Crippen MR) is 151 cm³/mol. The molecule has 8 nitrogen and oxygen atoms in total. The topological polar surface area (TPSA) is 113 Å². The highest BCUT2D eigenvalue weighted by atomic mass is 16.6. The van der Waals surface area contributed by atoms with E-state index in [9.17, 15) is 10.1 Å². The van der Waals surface area contributed by atoms with Gasteiger partial charge < -0.3 is 29.4 Å². The van der Waals surface area contributed by atoms with Crippen molar-refractivity contribution < 1.29 is 28.5 Å². The number of carbonyl (C=O) groups is 1. The first-order valence-corrected chi connectivity index (χ1v) is 13.4. The zero-order valence-electron chi connectivity index (χ0n) is 22.9. The molecular formula is C32H34N2O6. The second kappa shape index (κ2) is 13.9. The van der Waals surface area contributed by atoms with E-state index in [4.69, 9.17) is 29.4 Å². The number of fused-ring (bicyclic) bond motifs is 1. The average molecular weight is 543 g/mol. The van der Waals surface area contributed by atoms with Crippen molar-refractivity contribution in [3.8, 4) is 34.8 Å². The van der Waals surface area contributed by atoms with Crippen molar-refractivity contribution in [3.05, 3.63) is 89.3 Å². The molecule has 1 heterocycles. The van der Waals surface area contributed by atoms with Gasteiger partial charge in [0.05, 0.1) is 19.6 Å². The Kier molecular flexibility index (Phi) is 9.89. The summed E-state index contributed by atoms with van der Waals surface area (Å²) in [5.41, 5.74) is 8.06. The summed E-state index contributed by atoms with van der Waals surface area (Å²) in [4.78, 5) is 12.4. The Morgan fingerprint density at radius 1 is 0.900 bits per heavy atom. The van der Waals surface area contributed by atoms with Gasteiger partial charge >= 0.3 is 5.97 Å². The van der Waals surface area contributed by atoms with Crippen molar-refractivity contribution in [2.75, 3.05) is 20.3 Å². The van der Waals surface area contributed by atoms with Gasteiger partial charge in [-0.1, -0.05) is 50.8 Å². The second-order valence-corrected chi connectivity index (χ2v) is 9.39. The van der Waals surface area contributed by atoms with E-state index < -0.39 is 11.9 Å². The fourth-order valence-corrected chi connectivity index (χ4v) is 4.47. The highest BCUT2D eigenvalue weighted by Crippen LogP contribution is 2.43. The second-order valence-electron chi connectivity index (χ2n) is 9.39. The zero-order valence-corrected chi connectivity index (χ0v) is 22.9. The summed E-state index contributed by atoms with van der Waals surface area (Å²) in [7, 11) is 1.57. The summed E-state index contributed by atoms with van der Waals surface area (Å²) in [5.74, 6) is 1.67. The molecule has 40 heavy (non-hydrogen) atoms. The van der Waals surface area contributed by atoms with E-state index in [-0.39, 0.29) is 18.2 Å². The van der Waals surface area contributed by atoms with E-state index in [1.165, 1.54) is 19.3 Å². The first kappa shape index (κ1) is 28.4. The number of carbonyl (C=O) groups excluding carboxylic acids is 1. The van der Waals surface area contributed by atoms with Crippen LogP contribution >= 0.6 is 0 Å². The van der Waals surface area contributed by atoms with Crippen molar-refractivity contribution in [2.24, 2.45) is 5.73 Å². The molecule has 4 rings (SSSR count). The molecule has 3 aromatic rings. The first-order chi connectivity index (χ1) is 19.5. The summed E-state index contributed by atoms with van der Waals surface area (Å²) in [5, 5.41) is 9.85. The molecule has 1 aliphatic rings. The lowest BCUT2D eigenvalue weighted by atomic mass is 9.83. The van der Waals surface area contributed by atoms with Crippen LogP contribution in [0.2, 0.25) is 0 Å². The standard InChI is InChI=1S/C32H34N2O6/c1-3-4-5-6-7-18-37-24-10-8-22(9-11-24)31-27-17-16-26(19-29(27)40-32(34)28(31)20-33)39-30(35)21-38-25-14-12-23(36-2)13-15-25/h8-17,19,31H,3-7,18,21,34H2,1-2H3. The van der Waals surface area contributed by atoms with Crippen LogP contribution in [0, 0.1) is 11.3 Å². The summed E-state index contributed by atoms with van der Waals surface area (Å²) < 4.78 is 27.7. The Bertz CT molecular complexity index is 1360. The van der Waals surface area contributed by atoms with Crippen molar-refractivity contribution in [1.29, 1.82) is 5.26 Å². The van der Waals surface area contributed by atoms with Gasteiger partial charge in [-0.25, -0.2) is 4.79 Å². The zero-order chi connectivity index (χ0) is 28.3. The Hall–Kier alpha value is -4.64. The van der Waals surface area contributed by atoms with E-state index >= 15 is 0 Å². The highest BCUT2D eigenvalue weighted by molar-refractivity contribution is 5.74. The molecule has 0 aromatic heterocycles. The van der Waals surface area contributed by atoms with Gasteiger partial charge in [0, 0.05) is 11.6 Å². The maximum Gasteiger partial charge on any atom is 0.349 e. The number of methoxy groups -OCH3 is 1. The molecule has 208 valence electrons. The van der Waals surface area contributed by atoms with Crippen LogP contribution in [-0.2, 0) is 4.79 Å². The molecule has 0 bridgehead atoms. The number of benzene rings is 3. The molecule has 1 atom stereocenters. The van der Waals surface area contributed by atoms with E-state index in [2.05, 4.69) is 13.0 Å². The molecule has 0 saturated carbocycles. The lowest BCUT2D eigenvalue weighted by Gasteiger charge is -2.26. The van der Waals surface area contributed by atoms with Gasteiger partial charge in [-0.15, -0.1) is 0 Å². The molecule has 0 saturated heterocycles. The lowest BCUT2D eigenvalue weighted by molar-refractivity contribution is -0.136. The van der Waals surface area contributed by atoms with Gasteiger partial charge in [0.25, 0.3) is 0 Å². The Morgan fingerprint density at radius 3 is 2.25 bits per heavy atom. The summed E-state index contributed by atoms with van der Waals surface area (Å²) in [6.45, 7) is 2.60. The van der Waals surface area contributed by atoms with Gasteiger partial charge in [0.2, 0.25) is 5.88 Å². The maximum absolute atomic E-state index is 12.4. The number of nitrogens with two attached hydrogens (primary N) is 1. The molecular weight excluding hydrogens is 508 g/mol. The van der Waals surface area contributed by atoms with Crippen LogP contribution < -0.4 is 29.4 Å². The number of esters is 1. The van der Waals surface area contributed by atoms with Crippen LogP contribution in [0.5, 0.6) is 28.7 Å². The number of hydrogen-bond donors (Lipinski definition) is 1. The van der Waals surface area contributed by atoms with Crippen LogP contribution in [0.25, 0.3) is 0 Å². The minimum Gasteiger partial charge on any atom is -0.497 e. The fourth-order valence-electron chi connectivity index (χ4n) is 4.47. The summed E-state index contributed by atoms with van der Waals surface area (Å²) >= 11 is 0. The van der Waals surface area contributed by atoms with Crippen molar-refractivity contribution in [3.63, 3.8) is 0 Å². The maximum atomic E-state index is 12.4. The SMILES string of the molecule is CCCCCCCOc1ccc(C2C(C#N)=C(N)Oc3cc(OC(=O)COc4ccc(OC)cc4)ccc32)cc1. The van der Waals surface area contributed by atoms with Crippen LogP contribution in [0.4, 0.5) is 0 Å². The van der Waals surface area contributed by atoms with E-state index in [1.807, 2.05) is 24.3 Å². The average Bonchev–Trinajstić information content (AvgIpc) is 2.97. The smallest absolute Gasteiger partial charge is 0.349 e. The fraction of sp³-hybridized carbons (Fsp3) is 0.312. The third-order valence-electron chi connectivity index (χ3n) is 6.57. The molecule has 3 aromatic carbocycles. The quantitative estimate of drug-likeness (QED) is 0.153. The number of nitrogens with zero attached hydrogens (tertiary/aromatic N) is 1. The van der Waals surface area contributed by atoms with Gasteiger partial charge in [-0.3, -0.25) is 0 Å². The predicted octanol–water partition coefficient (Wildman–Crippen LogP) is 6.25. The molecule has 8 heteroatoms. The van der Waals surface area contributed by atoms with Crippen molar-refractivity contribution >= 4 is 5.97 Å². The molecule has 0 aliphatic carbocycles. The number of rotatable bonds is 13. The minimum atomic E-state index is -0.578. The number of ether oxygens (including phenoxy) is 5. The Labute approximate surface area is 234 Å².